The number of fused-ring (bicyclic) bond motifs is 6. The highest BCUT2D eigenvalue weighted by Crippen LogP contribution is 2.54. The summed E-state index contributed by atoms with van der Waals surface area (Å²) in [4.78, 5) is 2.52. The Bertz CT molecular complexity index is 3180. The van der Waals surface area contributed by atoms with E-state index in [2.05, 4.69) is 231 Å². The first-order valence-corrected chi connectivity index (χ1v) is 21.2. The minimum atomic E-state index is -0.207. The first kappa shape index (κ1) is 35.2. The Hall–Kier alpha value is -7.00. The van der Waals surface area contributed by atoms with Gasteiger partial charge >= 0.3 is 0 Å². The highest BCUT2D eigenvalue weighted by atomic mass is 32.1. The summed E-state index contributed by atoms with van der Waals surface area (Å²) in [5.41, 5.74) is 18.2. The molecule has 2 heteroatoms. The Morgan fingerprint density at radius 2 is 0.898 bits per heavy atom. The van der Waals surface area contributed by atoms with Gasteiger partial charge < -0.3 is 4.90 Å². The van der Waals surface area contributed by atoms with Crippen LogP contribution in [0.2, 0.25) is 0 Å². The molecule has 1 nitrogen and oxygen atoms in total. The van der Waals surface area contributed by atoms with Gasteiger partial charge in [0.2, 0.25) is 0 Å². The van der Waals surface area contributed by atoms with Gasteiger partial charge in [-0.25, -0.2) is 0 Å². The van der Waals surface area contributed by atoms with Crippen molar-refractivity contribution in [1.82, 2.24) is 0 Å². The number of hydrogen-bond acceptors (Lipinski definition) is 2. The maximum absolute atomic E-state index is 2.52. The van der Waals surface area contributed by atoms with Crippen molar-refractivity contribution in [3.8, 4) is 55.6 Å². The molecular formula is C57H41NS. The Morgan fingerprint density at radius 1 is 0.356 bits per heavy atom. The molecule has 0 unspecified atom stereocenters. The van der Waals surface area contributed by atoms with Crippen molar-refractivity contribution in [2.24, 2.45) is 0 Å². The summed E-state index contributed by atoms with van der Waals surface area (Å²) in [5, 5.41) is 2.60. The van der Waals surface area contributed by atoms with Crippen molar-refractivity contribution < 1.29 is 0 Å². The smallest absolute Gasteiger partial charge is 0.0546 e. The predicted octanol–water partition coefficient (Wildman–Crippen LogP) is 16.5. The van der Waals surface area contributed by atoms with E-state index in [1.807, 2.05) is 11.3 Å². The van der Waals surface area contributed by atoms with Gasteiger partial charge in [0, 0.05) is 42.5 Å². The van der Waals surface area contributed by atoms with Crippen LogP contribution in [0.3, 0.4) is 0 Å². The molecule has 0 bridgehead atoms. The summed E-state index contributed by atoms with van der Waals surface area (Å²) in [6, 6.07) is 78.2. The third-order valence-electron chi connectivity index (χ3n) is 12.3. The molecule has 0 radical (unpaired) electrons. The van der Waals surface area contributed by atoms with Crippen molar-refractivity contribution >= 4 is 48.6 Å². The first-order chi connectivity index (χ1) is 29.0. The Labute approximate surface area is 350 Å². The molecule has 0 spiro atoms. The molecule has 0 saturated carbocycles. The van der Waals surface area contributed by atoms with E-state index in [0.29, 0.717) is 0 Å². The monoisotopic (exact) mass is 771 g/mol. The second-order valence-corrected chi connectivity index (χ2v) is 17.2. The number of anilines is 3. The van der Waals surface area contributed by atoms with E-state index in [0.717, 1.165) is 17.1 Å². The van der Waals surface area contributed by atoms with Crippen LogP contribution in [0.15, 0.2) is 212 Å². The van der Waals surface area contributed by atoms with E-state index >= 15 is 0 Å². The Balaban J connectivity index is 1.17. The zero-order valence-corrected chi connectivity index (χ0v) is 33.9. The van der Waals surface area contributed by atoms with Crippen molar-refractivity contribution in [3.05, 3.63) is 223 Å². The number of thiophene rings is 1. The van der Waals surface area contributed by atoms with Crippen LogP contribution in [-0.2, 0) is 5.41 Å². The number of nitrogens with zero attached hydrogens (tertiary/aromatic N) is 1. The molecule has 280 valence electrons. The minimum Gasteiger partial charge on any atom is -0.310 e. The largest absolute Gasteiger partial charge is 0.310 e. The molecule has 0 aliphatic heterocycles. The van der Waals surface area contributed by atoms with Crippen molar-refractivity contribution in [2.45, 2.75) is 19.3 Å². The standard InChI is InChI=1S/C57H41NS/c1-57(2)51-35-41(38-17-6-3-7-18-38)29-32-46(51)47-33-30-42(36-52(47)57)58(43-31-34-49-48-24-14-15-28-54(48)59-55(49)37-43)53-27-16-26-45(40-21-10-5-11-22-40)56(53)50-25-13-12-23-44(50)39-19-8-4-9-20-39/h3-37H,1-2H3. The predicted molar refractivity (Wildman–Crippen MR) is 253 cm³/mol. The first-order valence-electron chi connectivity index (χ1n) is 20.4. The van der Waals surface area contributed by atoms with E-state index < -0.39 is 0 Å². The van der Waals surface area contributed by atoms with Gasteiger partial charge in [-0.3, -0.25) is 0 Å². The molecule has 0 atom stereocenters. The molecule has 1 aliphatic rings. The van der Waals surface area contributed by atoms with E-state index in [-0.39, 0.29) is 5.41 Å². The summed E-state index contributed by atoms with van der Waals surface area (Å²) in [6.07, 6.45) is 0. The second kappa shape index (κ2) is 14.1. The van der Waals surface area contributed by atoms with Crippen molar-refractivity contribution in [1.29, 1.82) is 0 Å². The topological polar surface area (TPSA) is 3.24 Å². The van der Waals surface area contributed by atoms with Gasteiger partial charge in [0.25, 0.3) is 0 Å². The van der Waals surface area contributed by atoms with E-state index in [9.17, 15) is 0 Å². The van der Waals surface area contributed by atoms with E-state index in [1.54, 1.807) is 0 Å². The average molecular weight is 772 g/mol. The van der Waals surface area contributed by atoms with Crippen LogP contribution in [0, 0.1) is 0 Å². The molecule has 10 aromatic rings. The maximum Gasteiger partial charge on any atom is 0.0546 e. The summed E-state index contributed by atoms with van der Waals surface area (Å²) in [6.45, 7) is 4.78. The van der Waals surface area contributed by atoms with Crippen LogP contribution >= 0.6 is 11.3 Å². The van der Waals surface area contributed by atoms with Crippen molar-refractivity contribution in [2.75, 3.05) is 4.90 Å². The lowest BCUT2D eigenvalue weighted by Gasteiger charge is -2.31. The molecule has 1 aromatic heterocycles. The molecule has 0 fully saturated rings. The summed E-state index contributed by atoms with van der Waals surface area (Å²) >= 11 is 1.87. The summed E-state index contributed by atoms with van der Waals surface area (Å²) in [5.74, 6) is 0. The molecule has 0 N–H and O–H groups in total. The SMILES string of the molecule is CC1(C)c2cc(-c3ccccc3)ccc2-c2ccc(N(c3ccc4c(c3)sc3ccccc34)c3cccc(-c4ccccc4)c3-c3ccccc3-c3ccccc3)cc21. The molecule has 11 rings (SSSR count). The Kier molecular flexibility index (Phi) is 8.43. The van der Waals surface area contributed by atoms with Crippen LogP contribution in [0.5, 0.6) is 0 Å². The van der Waals surface area contributed by atoms with Crippen LogP contribution in [0.25, 0.3) is 75.8 Å². The van der Waals surface area contributed by atoms with Gasteiger partial charge in [-0.1, -0.05) is 184 Å². The lowest BCUT2D eigenvalue weighted by atomic mass is 9.81. The zero-order valence-electron chi connectivity index (χ0n) is 33.1. The summed E-state index contributed by atoms with van der Waals surface area (Å²) < 4.78 is 2.59. The number of rotatable bonds is 7. The van der Waals surface area contributed by atoms with Crippen LogP contribution < -0.4 is 4.90 Å². The third-order valence-corrected chi connectivity index (χ3v) is 13.4. The molecule has 0 amide bonds. The van der Waals surface area contributed by atoms with E-state index in [1.165, 1.54) is 86.9 Å². The normalized spacial score (nSPS) is 12.7. The molecule has 59 heavy (non-hydrogen) atoms. The van der Waals surface area contributed by atoms with Crippen LogP contribution in [0.1, 0.15) is 25.0 Å². The van der Waals surface area contributed by atoms with E-state index in [4.69, 9.17) is 0 Å². The molecule has 1 heterocycles. The van der Waals surface area contributed by atoms with Crippen molar-refractivity contribution in [3.63, 3.8) is 0 Å². The molecular weight excluding hydrogens is 731 g/mol. The van der Waals surface area contributed by atoms with Gasteiger partial charge in [0.15, 0.2) is 0 Å². The summed E-state index contributed by atoms with van der Waals surface area (Å²) in [7, 11) is 0. The number of hydrogen-bond donors (Lipinski definition) is 0. The molecule has 0 saturated heterocycles. The molecule has 9 aromatic carbocycles. The highest BCUT2D eigenvalue weighted by Gasteiger charge is 2.36. The van der Waals surface area contributed by atoms with Gasteiger partial charge in [-0.15, -0.1) is 11.3 Å². The van der Waals surface area contributed by atoms with Gasteiger partial charge in [-0.05, 0) is 104 Å². The number of benzene rings is 9. The van der Waals surface area contributed by atoms with Gasteiger partial charge in [-0.2, -0.15) is 0 Å². The minimum absolute atomic E-state index is 0.207. The second-order valence-electron chi connectivity index (χ2n) is 16.1. The fourth-order valence-corrected chi connectivity index (χ4v) is 10.5. The third kappa shape index (κ3) is 5.91. The lowest BCUT2D eigenvalue weighted by Crippen LogP contribution is -2.17. The quantitative estimate of drug-likeness (QED) is 0.156. The highest BCUT2D eigenvalue weighted by molar-refractivity contribution is 7.25. The fourth-order valence-electron chi connectivity index (χ4n) is 9.39. The van der Waals surface area contributed by atoms with Gasteiger partial charge in [0.05, 0.1) is 5.69 Å². The fraction of sp³-hybridized carbons (Fsp3) is 0.0526. The van der Waals surface area contributed by atoms with Crippen LogP contribution in [-0.4, -0.2) is 0 Å². The maximum atomic E-state index is 2.52. The lowest BCUT2D eigenvalue weighted by molar-refractivity contribution is 0.660. The van der Waals surface area contributed by atoms with Crippen LogP contribution in [0.4, 0.5) is 17.1 Å². The van der Waals surface area contributed by atoms with Gasteiger partial charge in [0.1, 0.15) is 0 Å². The average Bonchev–Trinajstić information content (AvgIpc) is 3.78. The molecule has 1 aliphatic carbocycles. The Morgan fingerprint density at radius 3 is 1.64 bits per heavy atom. The zero-order chi connectivity index (χ0) is 39.5.